The van der Waals surface area contributed by atoms with Crippen molar-refractivity contribution in [1.29, 1.82) is 0 Å². The minimum Gasteiger partial charge on any atom is -0.380 e. The summed E-state index contributed by atoms with van der Waals surface area (Å²) < 4.78 is 5.99. The summed E-state index contributed by atoms with van der Waals surface area (Å²) in [4.78, 5) is 52.5. The van der Waals surface area contributed by atoms with E-state index >= 15 is 0 Å². The number of nitrogens with two attached hydrogens (primary N) is 1. The van der Waals surface area contributed by atoms with Crippen LogP contribution >= 0.6 is 0 Å². The van der Waals surface area contributed by atoms with Crippen molar-refractivity contribution in [2.45, 2.75) is 85.7 Å². The number of amides is 4. The minimum atomic E-state index is -0.715. The lowest BCUT2D eigenvalue weighted by Gasteiger charge is -2.31. The largest absolute Gasteiger partial charge is 0.380 e. The maximum absolute atomic E-state index is 13.6. The van der Waals surface area contributed by atoms with Crippen LogP contribution in [0.15, 0.2) is 61.2 Å². The first kappa shape index (κ1) is 36.5. The van der Waals surface area contributed by atoms with E-state index < -0.39 is 17.4 Å². The number of hydrogen-bond acceptors (Lipinski definition) is 5. The molecule has 0 radical (unpaired) electrons. The third-order valence-corrected chi connectivity index (χ3v) is 8.34. The van der Waals surface area contributed by atoms with E-state index in [1.54, 1.807) is 4.90 Å². The zero-order valence-electron chi connectivity index (χ0n) is 28.4. The SMILES string of the molecule is C=CC1Cc2ccccc2CN(C(=O)CCC(=O)NCC(C)(C)COCC(C)(C)CC(=O)N[C@H](C(N)=O)C(C)C)c2ccccc21. The first-order valence-electron chi connectivity index (χ1n) is 16.1. The molecule has 1 aliphatic rings. The number of benzene rings is 2. The molecule has 9 nitrogen and oxygen atoms in total. The van der Waals surface area contributed by atoms with Gasteiger partial charge in [-0.2, -0.15) is 0 Å². The molecule has 9 heteroatoms. The number of ether oxygens (including phenoxy) is 1. The maximum Gasteiger partial charge on any atom is 0.240 e. The van der Waals surface area contributed by atoms with Crippen LogP contribution in [-0.2, 0) is 36.9 Å². The van der Waals surface area contributed by atoms with Gasteiger partial charge in [0.1, 0.15) is 6.04 Å². The molecule has 1 aliphatic heterocycles. The molecule has 0 bridgehead atoms. The van der Waals surface area contributed by atoms with E-state index in [2.05, 4.69) is 35.4 Å². The van der Waals surface area contributed by atoms with E-state index in [4.69, 9.17) is 10.5 Å². The van der Waals surface area contributed by atoms with Gasteiger partial charge in [0.2, 0.25) is 23.6 Å². The molecule has 0 saturated heterocycles. The van der Waals surface area contributed by atoms with Crippen molar-refractivity contribution in [3.05, 3.63) is 77.9 Å². The van der Waals surface area contributed by atoms with E-state index in [9.17, 15) is 19.2 Å². The fraction of sp³-hybridized carbons (Fsp3) is 0.514. The Hall–Kier alpha value is -3.98. The Balaban J connectivity index is 1.51. The molecule has 1 heterocycles. The van der Waals surface area contributed by atoms with Gasteiger partial charge in [-0.05, 0) is 40.5 Å². The summed E-state index contributed by atoms with van der Waals surface area (Å²) in [7, 11) is 0. The van der Waals surface area contributed by atoms with E-state index in [1.165, 1.54) is 5.56 Å². The van der Waals surface area contributed by atoms with Gasteiger partial charge in [-0.3, -0.25) is 19.2 Å². The van der Waals surface area contributed by atoms with Crippen LogP contribution in [0, 0.1) is 16.7 Å². The van der Waals surface area contributed by atoms with Crippen molar-refractivity contribution in [3.63, 3.8) is 0 Å². The number of nitrogens with zero attached hydrogens (tertiary/aromatic N) is 1. The maximum atomic E-state index is 13.6. The topological polar surface area (TPSA) is 131 Å². The predicted octanol–water partition coefficient (Wildman–Crippen LogP) is 5.03. The Morgan fingerprint density at radius 1 is 0.957 bits per heavy atom. The molecule has 0 aromatic heterocycles. The summed E-state index contributed by atoms with van der Waals surface area (Å²) in [6.07, 6.45) is 3.10. The number of para-hydroxylation sites is 1. The Kier molecular flexibility index (Phi) is 12.7. The molecule has 4 N–H and O–H groups in total. The number of fused-ring (bicyclic) bond motifs is 2. The first-order chi connectivity index (χ1) is 21.6. The number of allylic oxidation sites excluding steroid dienone is 1. The number of hydrogen-bond donors (Lipinski definition) is 3. The number of carbonyl (C=O) groups excluding carboxylic acids is 4. The van der Waals surface area contributed by atoms with E-state index in [0.29, 0.717) is 26.3 Å². The summed E-state index contributed by atoms with van der Waals surface area (Å²) in [5, 5.41) is 5.69. The molecule has 2 aromatic rings. The summed E-state index contributed by atoms with van der Waals surface area (Å²) in [5.41, 5.74) is 8.77. The molecule has 46 heavy (non-hydrogen) atoms. The first-order valence-corrected chi connectivity index (χ1v) is 16.1. The Morgan fingerprint density at radius 3 is 2.24 bits per heavy atom. The van der Waals surface area contributed by atoms with Crippen LogP contribution < -0.4 is 21.3 Å². The monoisotopic (exact) mass is 632 g/mol. The molecule has 0 aliphatic carbocycles. The van der Waals surface area contributed by atoms with Gasteiger partial charge in [0.15, 0.2) is 0 Å². The Labute approximate surface area is 274 Å². The van der Waals surface area contributed by atoms with Gasteiger partial charge in [-0.25, -0.2) is 0 Å². The quantitative estimate of drug-likeness (QED) is 0.237. The van der Waals surface area contributed by atoms with Gasteiger partial charge in [-0.15, -0.1) is 6.58 Å². The van der Waals surface area contributed by atoms with Crippen LogP contribution in [0.2, 0.25) is 0 Å². The standard InChI is InChI=1S/C37H52N4O5/c1-8-26-19-27-13-9-10-14-28(27)21-41(30-16-12-11-15-29(26)30)33(44)18-17-31(42)39-22-37(6,7)24-46-23-36(4,5)20-32(43)40-34(25(2)3)35(38)45/h8-16,25-26,34H,1,17-24H2,2-7H3,(H2,38,45)(H,39,42)(H,40,43)/t26?,34-/m0/s1. The van der Waals surface area contributed by atoms with E-state index in [1.807, 2.05) is 78.0 Å². The van der Waals surface area contributed by atoms with Crippen molar-refractivity contribution in [3.8, 4) is 0 Å². The smallest absolute Gasteiger partial charge is 0.240 e. The number of nitrogens with one attached hydrogen (secondary N) is 2. The van der Waals surface area contributed by atoms with Gasteiger partial charge in [-0.1, -0.05) is 90.1 Å². The number of anilines is 1. The van der Waals surface area contributed by atoms with Crippen LogP contribution in [0.4, 0.5) is 5.69 Å². The Bertz CT molecular complexity index is 1400. The molecule has 250 valence electrons. The highest BCUT2D eigenvalue weighted by molar-refractivity contribution is 5.96. The van der Waals surface area contributed by atoms with Crippen molar-refractivity contribution in [2.75, 3.05) is 24.7 Å². The molecular formula is C37H52N4O5. The van der Waals surface area contributed by atoms with Gasteiger partial charge in [0, 0.05) is 42.8 Å². The summed E-state index contributed by atoms with van der Waals surface area (Å²) in [5.74, 6) is -1.14. The van der Waals surface area contributed by atoms with Crippen LogP contribution in [0.1, 0.15) is 83.4 Å². The fourth-order valence-corrected chi connectivity index (χ4v) is 5.71. The molecule has 4 amide bonds. The second-order valence-corrected chi connectivity index (χ2v) is 14.3. The fourth-order valence-electron chi connectivity index (χ4n) is 5.71. The van der Waals surface area contributed by atoms with Crippen LogP contribution in [-0.4, -0.2) is 49.4 Å². The van der Waals surface area contributed by atoms with Crippen molar-refractivity contribution in [1.82, 2.24) is 10.6 Å². The number of carbonyl (C=O) groups is 4. The lowest BCUT2D eigenvalue weighted by atomic mass is 9.86. The average Bonchev–Trinajstić information content (AvgIpc) is 2.98. The van der Waals surface area contributed by atoms with Gasteiger partial charge >= 0.3 is 0 Å². The molecule has 0 spiro atoms. The second-order valence-electron chi connectivity index (χ2n) is 14.3. The molecule has 2 atom stereocenters. The molecule has 2 aromatic carbocycles. The van der Waals surface area contributed by atoms with Gasteiger partial charge < -0.3 is 26.0 Å². The Morgan fingerprint density at radius 2 is 1.59 bits per heavy atom. The van der Waals surface area contributed by atoms with E-state index in [0.717, 1.165) is 23.2 Å². The highest BCUT2D eigenvalue weighted by Gasteiger charge is 2.29. The second kappa shape index (κ2) is 16.0. The molecule has 0 saturated carbocycles. The molecular weight excluding hydrogens is 580 g/mol. The van der Waals surface area contributed by atoms with Crippen molar-refractivity contribution in [2.24, 2.45) is 22.5 Å². The lowest BCUT2D eigenvalue weighted by Crippen LogP contribution is -2.48. The molecule has 1 unspecified atom stereocenters. The normalized spacial score (nSPS) is 15.5. The van der Waals surface area contributed by atoms with Crippen molar-refractivity contribution < 1.29 is 23.9 Å². The average molecular weight is 633 g/mol. The summed E-state index contributed by atoms with van der Waals surface area (Å²) >= 11 is 0. The lowest BCUT2D eigenvalue weighted by molar-refractivity contribution is -0.130. The third kappa shape index (κ3) is 10.5. The number of rotatable bonds is 15. The third-order valence-electron chi connectivity index (χ3n) is 8.34. The van der Waals surface area contributed by atoms with Gasteiger partial charge in [0.25, 0.3) is 0 Å². The zero-order chi connectivity index (χ0) is 34.1. The molecule has 3 rings (SSSR count). The predicted molar refractivity (Wildman–Crippen MR) is 182 cm³/mol. The van der Waals surface area contributed by atoms with Crippen LogP contribution in [0.5, 0.6) is 0 Å². The molecule has 0 fully saturated rings. The summed E-state index contributed by atoms with van der Waals surface area (Å²) in [6.45, 7) is 17.1. The number of primary amides is 1. The highest BCUT2D eigenvalue weighted by atomic mass is 16.5. The highest BCUT2D eigenvalue weighted by Crippen LogP contribution is 2.36. The van der Waals surface area contributed by atoms with E-state index in [-0.39, 0.29) is 54.2 Å². The van der Waals surface area contributed by atoms with Crippen molar-refractivity contribution >= 4 is 29.3 Å². The van der Waals surface area contributed by atoms with Crippen LogP contribution in [0.25, 0.3) is 0 Å². The van der Waals surface area contributed by atoms with Crippen LogP contribution in [0.3, 0.4) is 0 Å². The minimum absolute atomic E-state index is 0.0718. The van der Waals surface area contributed by atoms with Gasteiger partial charge in [0.05, 0.1) is 19.8 Å². The summed E-state index contributed by atoms with van der Waals surface area (Å²) in [6, 6.07) is 15.4. The zero-order valence-corrected chi connectivity index (χ0v) is 28.4.